The number of hydrogen-bond donors (Lipinski definition) is 1. The number of halogens is 3. The zero-order valence-corrected chi connectivity index (χ0v) is 14.6. The van der Waals surface area contributed by atoms with Crippen LogP contribution in [0, 0.1) is 5.41 Å². The number of fused-ring (bicyclic) bond motifs is 1. The average molecular weight is 378 g/mol. The van der Waals surface area contributed by atoms with E-state index >= 15 is 0 Å². The lowest BCUT2D eigenvalue weighted by molar-refractivity contribution is -0.137. The molecular formula is C20H17F3O2S. The van der Waals surface area contributed by atoms with Crippen LogP contribution < -0.4 is 0 Å². The average Bonchev–Trinajstić information content (AvgIpc) is 2.95. The summed E-state index contributed by atoms with van der Waals surface area (Å²) in [5, 5.41) is 10.3. The predicted molar refractivity (Wildman–Crippen MR) is 94.2 cm³/mol. The number of alkyl halides is 3. The molecule has 26 heavy (non-hydrogen) atoms. The molecule has 1 aliphatic heterocycles. The molecule has 1 heterocycles. The van der Waals surface area contributed by atoms with Gasteiger partial charge in [-0.2, -0.15) is 13.2 Å². The number of ketones is 1. The number of aliphatic hydroxyl groups is 1. The minimum absolute atomic E-state index is 0.0956. The Morgan fingerprint density at radius 3 is 2.46 bits per heavy atom. The maximum atomic E-state index is 13.3. The van der Waals surface area contributed by atoms with E-state index in [1.54, 1.807) is 12.1 Å². The van der Waals surface area contributed by atoms with Crippen molar-refractivity contribution in [2.45, 2.75) is 30.4 Å². The molecule has 1 spiro atoms. The highest BCUT2D eigenvalue weighted by molar-refractivity contribution is 7.99. The van der Waals surface area contributed by atoms with Gasteiger partial charge in [0.05, 0.1) is 17.1 Å². The molecule has 0 aromatic heterocycles. The normalized spacial score (nSPS) is 28.4. The standard InChI is InChI=1S/C20H17F3O2S/c21-20(22,23)14-7-5-13(6-8-14)18-19(16(24)11-26-18)10-9-12-3-1-2-4-15(12)17(19)25/h1-8,16,18,24H,9-11H2/t16-,18+,19+/m0/s1. The molecule has 3 atom stereocenters. The Labute approximate surface area is 153 Å². The molecule has 2 aromatic carbocycles. The fraction of sp³-hybridized carbons (Fsp3) is 0.350. The molecule has 1 saturated heterocycles. The molecule has 1 N–H and O–H groups in total. The minimum Gasteiger partial charge on any atom is -0.391 e. The maximum absolute atomic E-state index is 13.3. The number of aryl methyl sites for hydroxylation is 1. The third kappa shape index (κ3) is 2.58. The molecule has 0 saturated carbocycles. The Morgan fingerprint density at radius 2 is 1.77 bits per heavy atom. The molecule has 0 bridgehead atoms. The molecule has 6 heteroatoms. The Hall–Kier alpha value is -1.79. The summed E-state index contributed by atoms with van der Waals surface area (Å²) >= 11 is 1.45. The van der Waals surface area contributed by atoms with E-state index in [-0.39, 0.29) is 11.0 Å². The van der Waals surface area contributed by atoms with Gasteiger partial charge in [0.1, 0.15) is 0 Å². The van der Waals surface area contributed by atoms with Crippen molar-refractivity contribution < 1.29 is 23.1 Å². The highest BCUT2D eigenvalue weighted by Crippen LogP contribution is 2.58. The van der Waals surface area contributed by atoms with Gasteiger partial charge in [0, 0.05) is 16.6 Å². The molecule has 0 amide bonds. The topological polar surface area (TPSA) is 37.3 Å². The second-order valence-corrected chi connectivity index (χ2v) is 8.01. The molecule has 4 rings (SSSR count). The molecule has 2 aliphatic rings. The second kappa shape index (κ2) is 6.13. The van der Waals surface area contributed by atoms with Gasteiger partial charge in [-0.05, 0) is 36.1 Å². The first kappa shape index (κ1) is 17.6. The summed E-state index contributed by atoms with van der Waals surface area (Å²) in [6, 6.07) is 12.4. The van der Waals surface area contributed by atoms with Gasteiger partial charge in [-0.3, -0.25) is 4.79 Å². The summed E-state index contributed by atoms with van der Waals surface area (Å²) in [6.07, 6.45) is -4.02. The van der Waals surface area contributed by atoms with E-state index in [0.29, 0.717) is 29.7 Å². The number of hydrogen-bond acceptors (Lipinski definition) is 3. The van der Waals surface area contributed by atoms with E-state index in [1.807, 2.05) is 12.1 Å². The second-order valence-electron chi connectivity index (χ2n) is 6.88. The molecule has 0 unspecified atom stereocenters. The number of thioether (sulfide) groups is 1. The summed E-state index contributed by atoms with van der Waals surface area (Å²) in [6.45, 7) is 0. The minimum atomic E-state index is -4.39. The van der Waals surface area contributed by atoms with Gasteiger partial charge < -0.3 is 5.11 Å². The lowest BCUT2D eigenvalue weighted by atomic mass is 9.64. The Balaban J connectivity index is 1.75. The van der Waals surface area contributed by atoms with E-state index in [1.165, 1.54) is 23.9 Å². The van der Waals surface area contributed by atoms with E-state index < -0.39 is 23.3 Å². The van der Waals surface area contributed by atoms with Gasteiger partial charge >= 0.3 is 6.18 Å². The summed E-state index contributed by atoms with van der Waals surface area (Å²) < 4.78 is 38.5. The smallest absolute Gasteiger partial charge is 0.391 e. The number of benzene rings is 2. The van der Waals surface area contributed by atoms with Crippen LogP contribution in [0.15, 0.2) is 48.5 Å². The van der Waals surface area contributed by atoms with E-state index in [4.69, 9.17) is 0 Å². The number of rotatable bonds is 1. The first-order chi connectivity index (χ1) is 12.3. The maximum Gasteiger partial charge on any atom is 0.416 e. The van der Waals surface area contributed by atoms with Crippen molar-refractivity contribution in [1.29, 1.82) is 0 Å². The first-order valence-electron chi connectivity index (χ1n) is 8.43. The van der Waals surface area contributed by atoms with Crippen molar-refractivity contribution in [3.05, 3.63) is 70.8 Å². The molecule has 1 fully saturated rings. The van der Waals surface area contributed by atoms with Crippen LogP contribution in [-0.4, -0.2) is 22.7 Å². The van der Waals surface area contributed by atoms with Gasteiger partial charge in [-0.15, -0.1) is 11.8 Å². The summed E-state index contributed by atoms with van der Waals surface area (Å²) in [5.41, 5.74) is 0.570. The molecular weight excluding hydrogens is 361 g/mol. The van der Waals surface area contributed by atoms with E-state index in [2.05, 4.69) is 0 Å². The predicted octanol–water partition coefficient (Wildman–Crippen LogP) is 4.67. The number of Topliss-reactive ketones (excluding diaryl/α,β-unsaturated/α-hetero) is 1. The van der Waals surface area contributed by atoms with Crippen molar-refractivity contribution in [2.75, 3.05) is 5.75 Å². The van der Waals surface area contributed by atoms with Crippen LogP contribution in [0.3, 0.4) is 0 Å². The molecule has 2 aromatic rings. The van der Waals surface area contributed by atoms with Gasteiger partial charge in [-0.25, -0.2) is 0 Å². The summed E-state index contributed by atoms with van der Waals surface area (Å²) in [5.74, 6) is 0.307. The monoisotopic (exact) mass is 378 g/mol. The molecule has 1 aliphatic carbocycles. The Bertz CT molecular complexity index is 847. The van der Waals surface area contributed by atoms with Crippen molar-refractivity contribution in [1.82, 2.24) is 0 Å². The lowest BCUT2D eigenvalue weighted by Crippen LogP contribution is -2.46. The van der Waals surface area contributed by atoms with Gasteiger partial charge in [0.15, 0.2) is 5.78 Å². The molecule has 2 nitrogen and oxygen atoms in total. The number of carbonyl (C=O) groups is 1. The fourth-order valence-electron chi connectivity index (χ4n) is 4.13. The zero-order chi connectivity index (χ0) is 18.5. The third-order valence-electron chi connectivity index (χ3n) is 5.52. The quantitative estimate of drug-likeness (QED) is 0.784. The molecule has 136 valence electrons. The van der Waals surface area contributed by atoms with Gasteiger partial charge in [-0.1, -0.05) is 36.4 Å². The molecule has 0 radical (unpaired) electrons. The van der Waals surface area contributed by atoms with Crippen molar-refractivity contribution >= 4 is 17.5 Å². The Kier molecular flexibility index (Phi) is 4.15. The third-order valence-corrected chi connectivity index (χ3v) is 7.05. The van der Waals surface area contributed by atoms with Gasteiger partial charge in [0.25, 0.3) is 0 Å². The van der Waals surface area contributed by atoms with Crippen molar-refractivity contribution in [3.8, 4) is 0 Å². The highest BCUT2D eigenvalue weighted by Gasteiger charge is 2.57. The number of aliphatic hydroxyl groups excluding tert-OH is 1. The van der Waals surface area contributed by atoms with Crippen LogP contribution >= 0.6 is 11.8 Å². The first-order valence-corrected chi connectivity index (χ1v) is 9.48. The van der Waals surface area contributed by atoms with Crippen LogP contribution in [0.5, 0.6) is 0 Å². The van der Waals surface area contributed by atoms with Crippen LogP contribution in [-0.2, 0) is 12.6 Å². The summed E-state index contributed by atoms with van der Waals surface area (Å²) in [4.78, 5) is 13.3. The zero-order valence-electron chi connectivity index (χ0n) is 13.8. The van der Waals surface area contributed by atoms with Crippen molar-refractivity contribution in [3.63, 3.8) is 0 Å². The van der Waals surface area contributed by atoms with Crippen molar-refractivity contribution in [2.24, 2.45) is 5.41 Å². The fourth-order valence-corrected chi connectivity index (χ4v) is 5.83. The van der Waals surface area contributed by atoms with E-state index in [9.17, 15) is 23.1 Å². The summed E-state index contributed by atoms with van der Waals surface area (Å²) in [7, 11) is 0. The SMILES string of the molecule is O=C1c2ccccc2CC[C@]12[C@@H](c1ccc(C(F)(F)F)cc1)SC[C@@H]2O. The highest BCUT2D eigenvalue weighted by atomic mass is 32.2. The van der Waals surface area contributed by atoms with Crippen LogP contribution in [0.4, 0.5) is 13.2 Å². The van der Waals surface area contributed by atoms with Crippen LogP contribution in [0.1, 0.15) is 38.7 Å². The van der Waals surface area contributed by atoms with Crippen LogP contribution in [0.2, 0.25) is 0 Å². The largest absolute Gasteiger partial charge is 0.416 e. The lowest BCUT2D eigenvalue weighted by Gasteiger charge is -2.40. The van der Waals surface area contributed by atoms with E-state index in [0.717, 1.165) is 17.7 Å². The Morgan fingerprint density at radius 1 is 1.08 bits per heavy atom. The van der Waals surface area contributed by atoms with Crippen LogP contribution in [0.25, 0.3) is 0 Å². The van der Waals surface area contributed by atoms with Gasteiger partial charge in [0.2, 0.25) is 0 Å². The number of carbonyl (C=O) groups excluding carboxylic acids is 1.